The van der Waals surface area contributed by atoms with E-state index in [-0.39, 0.29) is 17.9 Å². The van der Waals surface area contributed by atoms with Crippen LogP contribution in [0, 0.1) is 12.7 Å². The van der Waals surface area contributed by atoms with Gasteiger partial charge in [-0.05, 0) is 13.3 Å². The van der Waals surface area contributed by atoms with E-state index in [1.165, 1.54) is 12.5 Å². The number of halogens is 1. The summed E-state index contributed by atoms with van der Waals surface area (Å²) in [7, 11) is 0. The number of hydrogen-bond donors (Lipinski definition) is 0. The summed E-state index contributed by atoms with van der Waals surface area (Å²) in [6.07, 6.45) is 5.07. The zero-order valence-corrected chi connectivity index (χ0v) is 13.6. The van der Waals surface area contributed by atoms with Crippen LogP contribution < -0.4 is 4.74 Å². The third-order valence-electron chi connectivity index (χ3n) is 3.88. The Morgan fingerprint density at radius 2 is 2.17 bits per heavy atom. The Bertz CT molecular complexity index is 738. The lowest BCUT2D eigenvalue weighted by Gasteiger charge is -2.16. The molecule has 1 fully saturated rings. The van der Waals surface area contributed by atoms with Crippen LogP contribution in [0.1, 0.15) is 35.2 Å². The maximum atomic E-state index is 14.1. The molecular formula is C16H18FN5O2. The topological polar surface area (TPSA) is 81.1 Å². The maximum Gasteiger partial charge on any atom is 0.274 e. The number of rotatable bonds is 4. The van der Waals surface area contributed by atoms with Gasteiger partial charge >= 0.3 is 0 Å². The molecular weight excluding hydrogens is 313 g/mol. The predicted octanol–water partition coefficient (Wildman–Crippen LogP) is 1.57. The monoisotopic (exact) mass is 331 g/mol. The highest BCUT2D eigenvalue weighted by atomic mass is 19.1. The fraction of sp³-hybridized carbons (Fsp3) is 0.438. The van der Waals surface area contributed by atoms with Crippen LogP contribution in [0.25, 0.3) is 0 Å². The highest BCUT2D eigenvalue weighted by Crippen LogP contribution is 2.21. The number of carbonyl (C=O) groups is 1. The summed E-state index contributed by atoms with van der Waals surface area (Å²) in [6, 6.07) is 0. The van der Waals surface area contributed by atoms with Crippen molar-refractivity contribution in [3.63, 3.8) is 0 Å². The van der Waals surface area contributed by atoms with Gasteiger partial charge < -0.3 is 9.64 Å². The molecule has 2 aromatic rings. The van der Waals surface area contributed by atoms with Gasteiger partial charge in [0.05, 0.1) is 24.1 Å². The Kier molecular flexibility index (Phi) is 4.64. The summed E-state index contributed by atoms with van der Waals surface area (Å²) >= 11 is 0. The summed E-state index contributed by atoms with van der Waals surface area (Å²) in [4.78, 5) is 29.9. The summed E-state index contributed by atoms with van der Waals surface area (Å²) < 4.78 is 19.8. The normalized spacial score (nSPS) is 17.1. The minimum Gasteiger partial charge on any atom is -0.470 e. The molecule has 3 rings (SSSR count). The molecule has 0 unspecified atom stereocenters. The fourth-order valence-electron chi connectivity index (χ4n) is 2.55. The van der Waals surface area contributed by atoms with Gasteiger partial charge in [0.2, 0.25) is 5.82 Å². The van der Waals surface area contributed by atoms with Gasteiger partial charge in [0.15, 0.2) is 0 Å². The molecule has 3 heterocycles. The van der Waals surface area contributed by atoms with Crippen molar-refractivity contribution in [2.45, 2.75) is 32.8 Å². The fourth-order valence-corrected chi connectivity index (χ4v) is 2.55. The van der Waals surface area contributed by atoms with Crippen LogP contribution >= 0.6 is 0 Å². The molecule has 0 N–H and O–H groups in total. The summed E-state index contributed by atoms with van der Waals surface area (Å²) in [5.41, 5.74) is 1.36. The number of ether oxygens (including phenoxy) is 1. The van der Waals surface area contributed by atoms with E-state index in [2.05, 4.69) is 19.9 Å². The van der Waals surface area contributed by atoms with Crippen molar-refractivity contribution >= 4 is 5.91 Å². The van der Waals surface area contributed by atoms with Crippen LogP contribution in [0.3, 0.4) is 0 Å². The number of hydrogen-bond acceptors (Lipinski definition) is 6. The predicted molar refractivity (Wildman–Crippen MR) is 83.1 cm³/mol. The van der Waals surface area contributed by atoms with Crippen LogP contribution in [0.15, 0.2) is 18.7 Å². The maximum absolute atomic E-state index is 14.1. The van der Waals surface area contributed by atoms with E-state index in [1.54, 1.807) is 11.1 Å². The van der Waals surface area contributed by atoms with E-state index in [0.29, 0.717) is 37.3 Å². The van der Waals surface area contributed by atoms with E-state index < -0.39 is 5.82 Å². The highest BCUT2D eigenvalue weighted by molar-refractivity contribution is 5.92. The largest absolute Gasteiger partial charge is 0.470 e. The second kappa shape index (κ2) is 6.86. The lowest BCUT2D eigenvalue weighted by molar-refractivity contribution is 0.0763. The van der Waals surface area contributed by atoms with Crippen LogP contribution in [0.5, 0.6) is 5.88 Å². The third-order valence-corrected chi connectivity index (χ3v) is 3.88. The van der Waals surface area contributed by atoms with Crippen molar-refractivity contribution in [1.29, 1.82) is 0 Å². The van der Waals surface area contributed by atoms with E-state index in [4.69, 9.17) is 4.74 Å². The zero-order valence-electron chi connectivity index (χ0n) is 13.6. The average Bonchev–Trinajstić information content (AvgIpc) is 3.05. The number of nitrogens with zero attached hydrogens (tertiary/aromatic N) is 5. The zero-order chi connectivity index (χ0) is 17.1. The third kappa shape index (κ3) is 3.32. The summed E-state index contributed by atoms with van der Waals surface area (Å²) in [5, 5.41) is 0. The average molecular weight is 331 g/mol. The molecule has 0 aliphatic carbocycles. The first kappa shape index (κ1) is 16.2. The van der Waals surface area contributed by atoms with E-state index in [0.717, 1.165) is 5.69 Å². The van der Waals surface area contributed by atoms with Gasteiger partial charge in [0.25, 0.3) is 11.8 Å². The second-order valence-electron chi connectivity index (χ2n) is 5.62. The molecule has 1 saturated heterocycles. The number of aromatic nitrogens is 4. The second-order valence-corrected chi connectivity index (χ2v) is 5.62. The molecule has 1 aliphatic heterocycles. The highest BCUT2D eigenvalue weighted by Gasteiger charge is 2.30. The molecule has 1 atom stereocenters. The molecule has 1 aliphatic rings. The first-order chi connectivity index (χ1) is 11.6. The number of carbonyl (C=O) groups excluding carboxylic acids is 1. The molecule has 0 bridgehead atoms. The van der Waals surface area contributed by atoms with Gasteiger partial charge in [0.1, 0.15) is 18.1 Å². The molecule has 0 radical (unpaired) electrons. The minimum atomic E-state index is -0.533. The van der Waals surface area contributed by atoms with Gasteiger partial charge in [-0.15, -0.1) is 0 Å². The van der Waals surface area contributed by atoms with Gasteiger partial charge in [-0.2, -0.15) is 9.37 Å². The Morgan fingerprint density at radius 3 is 2.88 bits per heavy atom. The van der Waals surface area contributed by atoms with Gasteiger partial charge in [-0.25, -0.2) is 9.97 Å². The van der Waals surface area contributed by atoms with Gasteiger partial charge in [-0.1, -0.05) is 6.92 Å². The summed E-state index contributed by atoms with van der Waals surface area (Å²) in [6.45, 7) is 4.50. The Morgan fingerprint density at radius 1 is 1.33 bits per heavy atom. The molecule has 2 aromatic heterocycles. The van der Waals surface area contributed by atoms with Crippen LogP contribution in [-0.4, -0.2) is 49.9 Å². The van der Waals surface area contributed by atoms with E-state index >= 15 is 0 Å². The first-order valence-electron chi connectivity index (χ1n) is 7.82. The molecule has 8 heteroatoms. The van der Waals surface area contributed by atoms with Crippen LogP contribution in [0.4, 0.5) is 4.39 Å². The van der Waals surface area contributed by atoms with E-state index in [1.807, 2.05) is 13.8 Å². The first-order valence-corrected chi connectivity index (χ1v) is 7.82. The number of likely N-dealkylation sites (tertiary alicyclic amines) is 1. The van der Waals surface area contributed by atoms with E-state index in [9.17, 15) is 9.18 Å². The van der Waals surface area contributed by atoms with Crippen molar-refractivity contribution in [1.82, 2.24) is 24.8 Å². The van der Waals surface area contributed by atoms with Crippen molar-refractivity contribution in [3.05, 3.63) is 41.6 Å². The standard InChI is InChI=1S/C16H18FN5O2/c1-3-12-14(17)15(21-9-20-12)24-11-4-5-22(8-11)16(23)13-7-18-10(2)6-19-13/h6-7,9,11H,3-5,8H2,1-2H3/t11-/m0/s1. The Labute approximate surface area is 138 Å². The minimum absolute atomic E-state index is 0.0590. The van der Waals surface area contributed by atoms with Gasteiger partial charge in [-0.3, -0.25) is 9.78 Å². The van der Waals surface area contributed by atoms with Gasteiger partial charge in [0, 0.05) is 19.2 Å². The quantitative estimate of drug-likeness (QED) is 0.846. The summed E-state index contributed by atoms with van der Waals surface area (Å²) in [5.74, 6) is -0.795. The van der Waals surface area contributed by atoms with Crippen molar-refractivity contribution < 1.29 is 13.9 Å². The van der Waals surface area contributed by atoms with Crippen molar-refractivity contribution in [3.8, 4) is 5.88 Å². The Hall–Kier alpha value is -2.64. The molecule has 0 aromatic carbocycles. The Balaban J connectivity index is 1.65. The molecule has 1 amide bonds. The number of aryl methyl sites for hydroxylation is 2. The smallest absolute Gasteiger partial charge is 0.274 e. The molecule has 0 spiro atoms. The lowest BCUT2D eigenvalue weighted by atomic mass is 10.3. The van der Waals surface area contributed by atoms with Crippen molar-refractivity contribution in [2.75, 3.05) is 13.1 Å². The molecule has 7 nitrogen and oxygen atoms in total. The van der Waals surface area contributed by atoms with Crippen LogP contribution in [0.2, 0.25) is 0 Å². The SMILES string of the molecule is CCc1ncnc(O[C@H]2CCN(C(=O)c3cnc(C)cn3)C2)c1F. The molecule has 126 valence electrons. The number of amides is 1. The molecule has 0 saturated carbocycles. The van der Waals surface area contributed by atoms with Crippen LogP contribution in [-0.2, 0) is 6.42 Å². The molecule has 24 heavy (non-hydrogen) atoms. The lowest BCUT2D eigenvalue weighted by Crippen LogP contribution is -2.31. The van der Waals surface area contributed by atoms with Crippen molar-refractivity contribution in [2.24, 2.45) is 0 Å².